The number of aromatic hydroxyl groups is 1. The van der Waals surface area contributed by atoms with E-state index in [1.54, 1.807) is 40.9 Å². The molecule has 580 valence electrons. The Bertz CT molecular complexity index is 4830. The number of rotatable bonds is 17. The second-order valence-electron chi connectivity index (χ2n) is 27.9. The highest BCUT2D eigenvalue weighted by Gasteiger charge is 2.35. The Kier molecular flexibility index (Phi) is 30.4. The zero-order chi connectivity index (χ0) is 78.2. The number of anilines is 4. The van der Waals surface area contributed by atoms with Crippen molar-refractivity contribution in [3.05, 3.63) is 357 Å². The summed E-state index contributed by atoms with van der Waals surface area (Å²) in [6.07, 6.45) is 2.91. The zero-order valence-electron chi connectivity index (χ0n) is 60.9. The maximum atomic E-state index is 10.2. The number of para-hydroxylation sites is 1. The second-order valence-corrected chi connectivity index (χ2v) is 34.7. The lowest BCUT2D eigenvalue weighted by atomic mass is 10.0. The van der Waals surface area contributed by atoms with Crippen molar-refractivity contribution < 1.29 is 5.11 Å². The highest BCUT2D eigenvalue weighted by Crippen LogP contribution is 2.43. The maximum Gasteiger partial charge on any atom is 0.120 e. The molecule has 0 radical (unpaired) electrons. The van der Waals surface area contributed by atoms with Gasteiger partial charge in [0.2, 0.25) is 0 Å². The van der Waals surface area contributed by atoms with Crippen LogP contribution in [-0.2, 0) is 26.1 Å². The Morgan fingerprint density at radius 3 is 1.04 bits per heavy atom. The van der Waals surface area contributed by atoms with Gasteiger partial charge in [0.05, 0.1) is 73.6 Å². The molecule has 0 amide bonds. The number of halogens is 12. The second kappa shape index (κ2) is 40.6. The number of nitrogens with zero attached hydrogens (tertiary/aromatic N) is 9. The summed E-state index contributed by atoms with van der Waals surface area (Å²) in [4.78, 5) is 23.7. The van der Waals surface area contributed by atoms with Gasteiger partial charge < -0.3 is 24.7 Å². The van der Waals surface area contributed by atoms with Gasteiger partial charge in [0, 0.05) is 155 Å². The van der Waals surface area contributed by atoms with Crippen LogP contribution in [0.3, 0.4) is 0 Å². The quantitative estimate of drug-likeness (QED) is 0.0954. The summed E-state index contributed by atoms with van der Waals surface area (Å²) in [6, 6.07) is 76.2. The van der Waals surface area contributed by atoms with E-state index in [2.05, 4.69) is 140 Å². The van der Waals surface area contributed by atoms with E-state index >= 15 is 0 Å². The summed E-state index contributed by atoms with van der Waals surface area (Å²) in [5.41, 5.74) is 12.6. The predicted octanol–water partition coefficient (Wildman–Crippen LogP) is 26.1. The smallest absolute Gasteiger partial charge is 0.120 e. The van der Waals surface area contributed by atoms with Crippen LogP contribution in [0, 0.1) is 0 Å². The van der Waals surface area contributed by atoms with Gasteiger partial charge in [-0.1, -0.05) is 236 Å². The van der Waals surface area contributed by atoms with Gasteiger partial charge in [0.25, 0.3) is 0 Å². The summed E-state index contributed by atoms with van der Waals surface area (Å²) in [5, 5.41) is 25.9. The van der Waals surface area contributed by atoms with Crippen molar-refractivity contribution in [1.82, 2.24) is 24.6 Å². The van der Waals surface area contributed by atoms with E-state index in [1.165, 1.54) is 33.4 Å². The molecule has 4 unspecified atom stereocenters. The topological polar surface area (TPSA) is 59.0 Å². The minimum absolute atomic E-state index is 0.102. The first-order valence-corrected chi connectivity index (χ1v) is 43.2. The van der Waals surface area contributed by atoms with Crippen molar-refractivity contribution in [3.63, 3.8) is 0 Å². The minimum Gasteiger partial charge on any atom is -0.508 e. The number of phenolic OH excluding ortho intramolecular Hbond substituents is 1. The van der Waals surface area contributed by atoms with Crippen molar-refractivity contribution >= 4 is 185 Å². The van der Waals surface area contributed by atoms with E-state index in [4.69, 9.17) is 139 Å². The number of hydrogen-bond acceptors (Lipinski definition) is 12. The third-order valence-corrected chi connectivity index (χ3v) is 25.2. The Balaban J connectivity index is 0.000000131. The Morgan fingerprint density at radius 1 is 0.330 bits per heavy atom. The van der Waals surface area contributed by atoms with Crippen LogP contribution >= 0.6 is 162 Å². The lowest BCUT2D eigenvalue weighted by Crippen LogP contribution is -2.49. The molecule has 4 fully saturated rings. The lowest BCUT2D eigenvalue weighted by molar-refractivity contribution is 0.213. The molecule has 4 aliphatic heterocycles. The average Bonchev–Trinajstić information content (AvgIpc) is 1.60. The first-order chi connectivity index (χ1) is 54.3. The molecule has 2 aromatic heterocycles. The number of benzene rings is 10. The monoisotopic (exact) mass is 1760 g/mol. The number of thiophene rings is 1. The Morgan fingerprint density at radius 2 is 0.679 bits per heavy atom. The van der Waals surface area contributed by atoms with Crippen molar-refractivity contribution in [2.45, 2.75) is 50.2 Å². The van der Waals surface area contributed by atoms with Gasteiger partial charge in [-0.25, -0.2) is 4.98 Å². The van der Waals surface area contributed by atoms with Gasteiger partial charge in [-0.3, -0.25) is 19.6 Å². The standard InChI is InChI=1S/C24H23Cl3N2.C23H21Cl3N2O.C21H19Cl3N2S.C20H18Cl3N3S/c25-20-8-6-19(7-9-20)24-17-28(13-12-18-4-2-1-3-5-18)14-15-29(24)23-11-10-21(26)16-22(23)27;24-18-7-5-16(6-8-18)22-15-27(14-17-3-1-2-4-23(17)29)11-12-28(22)21-10-9-19(25)13-20(21)26;22-17-3-1-16(2-4-17)21-13-25(12-15-7-10-27-14-15)8-9-26(21)20-6-5-18(23)11-19(20)24;21-15-3-1-14(2-4-15)19-12-25(13-20-24-7-10-27-20)8-9-26(19)18-6-5-16(22)11-17(18)23/h1-11,16,24H,12-15,17H2;1-10,13,22,29H,11-12,14-15H2;1-7,10-11,14,21H,8-9,12-13H2;1-7,10-11,19H,8-9,12-13H2. The molecular formula is C88H81Cl12N9OS2. The van der Waals surface area contributed by atoms with E-state index in [0.29, 0.717) is 57.5 Å². The molecular weight excluding hydrogens is 1690 g/mol. The molecule has 6 heterocycles. The fourth-order valence-corrected chi connectivity index (χ4v) is 18.8. The highest BCUT2D eigenvalue weighted by molar-refractivity contribution is 7.09. The van der Waals surface area contributed by atoms with Crippen molar-refractivity contribution in [3.8, 4) is 5.75 Å². The first kappa shape index (κ1) is 83.8. The van der Waals surface area contributed by atoms with Crippen LogP contribution < -0.4 is 19.6 Å². The molecule has 12 aromatic rings. The number of piperazine rings is 4. The van der Waals surface area contributed by atoms with Crippen LogP contribution in [0.2, 0.25) is 60.3 Å². The molecule has 112 heavy (non-hydrogen) atoms. The number of thiazole rings is 1. The molecule has 10 aromatic carbocycles. The number of hydrogen-bond donors (Lipinski definition) is 1. The molecule has 24 heteroatoms. The number of phenols is 1. The van der Waals surface area contributed by atoms with Crippen LogP contribution in [0.5, 0.6) is 5.75 Å². The van der Waals surface area contributed by atoms with Crippen LogP contribution in [0.25, 0.3) is 0 Å². The summed E-state index contributed by atoms with van der Waals surface area (Å²) in [6.45, 7) is 14.4. The van der Waals surface area contributed by atoms with Crippen molar-refractivity contribution in [2.24, 2.45) is 0 Å². The Hall–Kier alpha value is -6.15. The van der Waals surface area contributed by atoms with Crippen LogP contribution in [-0.4, -0.2) is 115 Å². The third kappa shape index (κ3) is 22.7. The van der Waals surface area contributed by atoms with E-state index < -0.39 is 0 Å². The van der Waals surface area contributed by atoms with Gasteiger partial charge in [-0.05, 0) is 184 Å². The summed E-state index contributed by atoms with van der Waals surface area (Å²) in [7, 11) is 0. The molecule has 10 nitrogen and oxygen atoms in total. The van der Waals surface area contributed by atoms with Crippen molar-refractivity contribution in [2.75, 3.05) is 105 Å². The summed E-state index contributed by atoms with van der Waals surface area (Å²) >= 11 is 78.5. The van der Waals surface area contributed by atoms with E-state index in [9.17, 15) is 5.11 Å². The van der Waals surface area contributed by atoms with E-state index in [1.807, 2.05) is 139 Å². The van der Waals surface area contributed by atoms with Gasteiger partial charge in [-0.2, -0.15) is 11.3 Å². The van der Waals surface area contributed by atoms with Crippen LogP contribution in [0.1, 0.15) is 68.1 Å². The minimum atomic E-state index is 0.102. The van der Waals surface area contributed by atoms with E-state index in [0.717, 1.165) is 153 Å². The maximum absolute atomic E-state index is 10.2. The molecule has 0 bridgehead atoms. The fraction of sp³-hybridized carbons (Fsp3) is 0.239. The SMILES string of the molecule is Clc1ccc(C2CN(CCc3ccccc3)CCN2c2ccc(Cl)cc2Cl)cc1.Clc1ccc(C2CN(Cc3ccsc3)CCN2c2ccc(Cl)cc2Cl)cc1.Clc1ccc(C2CN(Cc3nccs3)CCN2c2ccc(Cl)cc2Cl)cc1.Oc1ccccc1CN1CCN(c2ccc(Cl)cc2Cl)C(c2ccc(Cl)cc2)C1. The molecule has 0 saturated carbocycles. The largest absolute Gasteiger partial charge is 0.508 e. The molecule has 4 atom stereocenters. The van der Waals surface area contributed by atoms with Crippen LogP contribution in [0.4, 0.5) is 22.7 Å². The van der Waals surface area contributed by atoms with Gasteiger partial charge in [0.1, 0.15) is 10.8 Å². The molecule has 0 aliphatic carbocycles. The fourth-order valence-electron chi connectivity index (χ4n) is 14.9. The lowest BCUT2D eigenvalue weighted by Gasteiger charge is -2.43. The first-order valence-electron chi connectivity index (χ1n) is 36.8. The number of aromatic nitrogens is 1. The predicted molar refractivity (Wildman–Crippen MR) is 479 cm³/mol. The van der Waals surface area contributed by atoms with Gasteiger partial charge in [0.15, 0.2) is 0 Å². The van der Waals surface area contributed by atoms with E-state index in [-0.39, 0.29) is 24.2 Å². The van der Waals surface area contributed by atoms with Crippen molar-refractivity contribution in [1.29, 1.82) is 0 Å². The summed E-state index contributed by atoms with van der Waals surface area (Å²) < 4.78 is 0. The Labute approximate surface area is 725 Å². The molecule has 4 saturated heterocycles. The molecule has 16 rings (SSSR count). The molecule has 0 spiro atoms. The average molecular weight is 1770 g/mol. The summed E-state index contributed by atoms with van der Waals surface area (Å²) in [5.74, 6) is 0.332. The molecule has 4 aliphatic rings. The normalized spacial score (nSPS) is 17.8. The van der Waals surface area contributed by atoms with Gasteiger partial charge >= 0.3 is 0 Å². The zero-order valence-corrected chi connectivity index (χ0v) is 71.6. The highest BCUT2D eigenvalue weighted by atomic mass is 35.5. The van der Waals surface area contributed by atoms with Gasteiger partial charge in [-0.15, -0.1) is 11.3 Å². The molecule has 1 N–H and O–H groups in total. The van der Waals surface area contributed by atoms with Crippen LogP contribution in [0.15, 0.2) is 253 Å². The third-order valence-electron chi connectivity index (χ3n) is 20.5.